The van der Waals surface area contributed by atoms with E-state index in [1.54, 1.807) is 12.1 Å². The minimum absolute atomic E-state index is 0.105. The number of hydrogen-bond acceptors (Lipinski definition) is 3. The Bertz CT molecular complexity index is 447. The summed E-state index contributed by atoms with van der Waals surface area (Å²) in [4.78, 5) is 0.105. The van der Waals surface area contributed by atoms with E-state index < -0.39 is 9.05 Å². The third kappa shape index (κ3) is 2.89. The molecule has 0 saturated heterocycles. The normalized spacial score (nSPS) is 17.6. The van der Waals surface area contributed by atoms with Gasteiger partial charge < -0.3 is 4.74 Å². The summed E-state index contributed by atoms with van der Waals surface area (Å²) in [5, 5.41) is 0. The van der Waals surface area contributed by atoms with E-state index in [1.807, 2.05) is 0 Å². The van der Waals surface area contributed by atoms with Crippen molar-refractivity contribution in [1.29, 1.82) is 0 Å². The van der Waals surface area contributed by atoms with E-state index >= 15 is 0 Å². The van der Waals surface area contributed by atoms with Gasteiger partial charge in [0.25, 0.3) is 9.05 Å². The molecule has 0 unspecified atom stereocenters. The number of rotatable bonds is 3. The van der Waals surface area contributed by atoms with Crippen LogP contribution in [0.4, 0.5) is 0 Å². The Kier molecular flexibility index (Phi) is 3.40. The predicted molar refractivity (Wildman–Crippen MR) is 62.4 cm³/mol. The smallest absolute Gasteiger partial charge is 0.261 e. The lowest BCUT2D eigenvalue weighted by Crippen LogP contribution is -2.10. The van der Waals surface area contributed by atoms with Gasteiger partial charge >= 0.3 is 0 Å². The molecule has 0 bridgehead atoms. The lowest BCUT2D eigenvalue weighted by atomic mass is 10.3. The second kappa shape index (κ2) is 4.63. The zero-order chi connectivity index (χ0) is 11.6. The zero-order valence-electron chi connectivity index (χ0n) is 8.73. The molecule has 0 radical (unpaired) electrons. The first-order valence-electron chi connectivity index (χ1n) is 5.27. The van der Waals surface area contributed by atoms with Crippen LogP contribution in [0.15, 0.2) is 29.2 Å². The third-order valence-electron chi connectivity index (χ3n) is 2.71. The summed E-state index contributed by atoms with van der Waals surface area (Å²) in [6, 6.07) is 6.22. The third-order valence-corrected chi connectivity index (χ3v) is 4.08. The Balaban J connectivity index is 2.07. The second-order valence-corrected chi connectivity index (χ2v) is 6.50. The van der Waals surface area contributed by atoms with E-state index in [4.69, 9.17) is 15.4 Å². The molecule has 3 nitrogen and oxygen atoms in total. The maximum atomic E-state index is 11.0. The molecule has 0 heterocycles. The van der Waals surface area contributed by atoms with E-state index in [0.29, 0.717) is 5.75 Å². The molecule has 0 N–H and O–H groups in total. The number of benzene rings is 1. The van der Waals surface area contributed by atoms with Gasteiger partial charge in [0.1, 0.15) is 5.75 Å². The summed E-state index contributed by atoms with van der Waals surface area (Å²) in [5.74, 6) is 0.705. The minimum Gasteiger partial charge on any atom is -0.490 e. The zero-order valence-corrected chi connectivity index (χ0v) is 10.3. The summed E-state index contributed by atoms with van der Waals surface area (Å²) < 4.78 is 27.7. The quantitative estimate of drug-likeness (QED) is 0.785. The molecule has 1 aromatic carbocycles. The van der Waals surface area contributed by atoms with Gasteiger partial charge in [-0.05, 0) is 49.9 Å². The lowest BCUT2D eigenvalue weighted by Gasteiger charge is -2.12. The van der Waals surface area contributed by atoms with E-state index in [9.17, 15) is 8.42 Å². The van der Waals surface area contributed by atoms with Gasteiger partial charge in [-0.15, -0.1) is 0 Å². The van der Waals surface area contributed by atoms with Crippen LogP contribution in [0, 0.1) is 0 Å². The van der Waals surface area contributed by atoms with Gasteiger partial charge in [-0.3, -0.25) is 0 Å². The highest BCUT2D eigenvalue weighted by molar-refractivity contribution is 8.13. The first-order valence-corrected chi connectivity index (χ1v) is 7.58. The average Bonchev–Trinajstić information content (AvgIpc) is 2.70. The average molecular weight is 261 g/mol. The maximum absolute atomic E-state index is 11.0. The van der Waals surface area contributed by atoms with E-state index in [-0.39, 0.29) is 11.0 Å². The van der Waals surface area contributed by atoms with Crippen LogP contribution in [-0.2, 0) is 9.05 Å². The maximum Gasteiger partial charge on any atom is 0.261 e. The Morgan fingerprint density at radius 2 is 1.69 bits per heavy atom. The monoisotopic (exact) mass is 260 g/mol. The summed E-state index contributed by atoms with van der Waals surface area (Å²) in [7, 11) is 1.58. The summed E-state index contributed by atoms with van der Waals surface area (Å²) in [6.45, 7) is 0. The van der Waals surface area contributed by atoms with Crippen LogP contribution in [0.1, 0.15) is 25.7 Å². The van der Waals surface area contributed by atoms with Crippen LogP contribution < -0.4 is 4.74 Å². The SMILES string of the molecule is O=S(=O)(Cl)c1ccc(OC2CCCC2)cc1. The molecular weight excluding hydrogens is 248 g/mol. The Hall–Kier alpha value is -0.740. The fourth-order valence-electron chi connectivity index (χ4n) is 1.88. The van der Waals surface area contributed by atoms with Gasteiger partial charge in [-0.1, -0.05) is 0 Å². The lowest BCUT2D eigenvalue weighted by molar-refractivity contribution is 0.210. The van der Waals surface area contributed by atoms with Crippen molar-refractivity contribution in [3.63, 3.8) is 0 Å². The van der Waals surface area contributed by atoms with E-state index in [0.717, 1.165) is 12.8 Å². The first kappa shape index (κ1) is 11.7. The summed E-state index contributed by atoms with van der Waals surface area (Å²) in [5.41, 5.74) is 0. The van der Waals surface area contributed by atoms with Crippen LogP contribution in [0.2, 0.25) is 0 Å². The second-order valence-electron chi connectivity index (χ2n) is 3.93. The van der Waals surface area contributed by atoms with Crippen molar-refractivity contribution in [1.82, 2.24) is 0 Å². The van der Waals surface area contributed by atoms with Crippen molar-refractivity contribution < 1.29 is 13.2 Å². The highest BCUT2D eigenvalue weighted by atomic mass is 35.7. The molecule has 16 heavy (non-hydrogen) atoms. The molecule has 0 aliphatic heterocycles. The Morgan fingerprint density at radius 1 is 1.12 bits per heavy atom. The minimum atomic E-state index is -3.63. The first-order chi connectivity index (χ1) is 7.55. The van der Waals surface area contributed by atoms with Crippen molar-refractivity contribution >= 4 is 19.7 Å². The van der Waals surface area contributed by atoms with Crippen LogP contribution >= 0.6 is 10.7 Å². The summed E-state index contributed by atoms with van der Waals surface area (Å²) in [6.07, 6.45) is 4.85. The van der Waals surface area contributed by atoms with Gasteiger partial charge in [-0.25, -0.2) is 8.42 Å². The summed E-state index contributed by atoms with van der Waals surface area (Å²) >= 11 is 0. The van der Waals surface area contributed by atoms with E-state index in [1.165, 1.54) is 25.0 Å². The topological polar surface area (TPSA) is 43.4 Å². The molecule has 5 heteroatoms. The molecule has 88 valence electrons. The van der Waals surface area contributed by atoms with Gasteiger partial charge in [0.05, 0.1) is 11.0 Å². The molecule has 0 spiro atoms. The van der Waals surface area contributed by atoms with Crippen molar-refractivity contribution in [3.05, 3.63) is 24.3 Å². The van der Waals surface area contributed by atoms with E-state index in [2.05, 4.69) is 0 Å². The molecule has 1 fully saturated rings. The molecule has 1 aromatic rings. The van der Waals surface area contributed by atoms with Gasteiger partial charge in [0.2, 0.25) is 0 Å². The Labute approximate surface area is 99.8 Å². The molecular formula is C11H13ClO3S. The predicted octanol–water partition coefficient (Wildman–Crippen LogP) is 2.94. The van der Waals surface area contributed by atoms with Crippen LogP contribution in [0.5, 0.6) is 5.75 Å². The molecule has 0 amide bonds. The fraction of sp³-hybridized carbons (Fsp3) is 0.455. The van der Waals surface area contributed by atoms with Crippen molar-refractivity contribution in [2.24, 2.45) is 0 Å². The van der Waals surface area contributed by atoms with Crippen LogP contribution in [0.25, 0.3) is 0 Å². The number of ether oxygens (including phenoxy) is 1. The Morgan fingerprint density at radius 3 is 2.19 bits per heavy atom. The fourth-order valence-corrected chi connectivity index (χ4v) is 2.65. The standard InChI is InChI=1S/C11H13ClO3S/c12-16(13,14)11-7-5-10(6-8-11)15-9-3-1-2-4-9/h5-9H,1-4H2. The van der Waals surface area contributed by atoms with Crippen molar-refractivity contribution in [2.75, 3.05) is 0 Å². The molecule has 1 aliphatic rings. The van der Waals surface area contributed by atoms with Gasteiger partial charge in [-0.2, -0.15) is 0 Å². The van der Waals surface area contributed by atoms with Crippen LogP contribution in [0.3, 0.4) is 0 Å². The molecule has 1 aliphatic carbocycles. The number of hydrogen-bond donors (Lipinski definition) is 0. The largest absolute Gasteiger partial charge is 0.490 e. The highest BCUT2D eigenvalue weighted by Crippen LogP contribution is 2.25. The molecule has 1 saturated carbocycles. The molecule has 0 aromatic heterocycles. The van der Waals surface area contributed by atoms with Crippen molar-refractivity contribution in [2.45, 2.75) is 36.7 Å². The van der Waals surface area contributed by atoms with Crippen molar-refractivity contribution in [3.8, 4) is 5.75 Å². The highest BCUT2D eigenvalue weighted by Gasteiger charge is 2.16. The molecule has 2 rings (SSSR count). The molecule has 0 atom stereocenters. The van der Waals surface area contributed by atoms with Gasteiger partial charge in [0.15, 0.2) is 0 Å². The van der Waals surface area contributed by atoms with Crippen LogP contribution in [-0.4, -0.2) is 14.5 Å². The number of halogens is 1. The van der Waals surface area contributed by atoms with Gasteiger partial charge in [0, 0.05) is 10.7 Å².